The number of imidazole rings is 1. The van der Waals surface area contributed by atoms with Gasteiger partial charge in [-0.3, -0.25) is 4.98 Å². The number of phenols is 1. The van der Waals surface area contributed by atoms with Gasteiger partial charge in [0.2, 0.25) is 0 Å². The van der Waals surface area contributed by atoms with Gasteiger partial charge >= 0.3 is 0 Å². The average molecular weight is 382 g/mol. The van der Waals surface area contributed by atoms with E-state index in [-0.39, 0.29) is 44.3 Å². The van der Waals surface area contributed by atoms with Gasteiger partial charge in [0.25, 0.3) is 0 Å². The zero-order chi connectivity index (χ0) is 15.1. The van der Waals surface area contributed by atoms with Crippen molar-refractivity contribution in [1.29, 1.82) is 0 Å². The molecule has 0 aliphatic heterocycles. The first-order valence-electron chi connectivity index (χ1n) is 6.36. The number of nitrogens with two attached hydrogens (primary N) is 1. The van der Waals surface area contributed by atoms with Crippen molar-refractivity contribution < 1.29 is 42.4 Å². The Morgan fingerprint density at radius 1 is 1.17 bits per heavy atom. The molecule has 0 saturated carbocycles. The van der Waals surface area contributed by atoms with E-state index in [4.69, 9.17) is 5.73 Å². The second kappa shape index (κ2) is 6.06. The number of nitrogens with zero attached hydrogens (tertiary/aromatic N) is 5. The number of hydrogen-bond acceptors (Lipinski definition) is 7. The van der Waals surface area contributed by atoms with E-state index >= 15 is 0 Å². The van der Waals surface area contributed by atoms with Gasteiger partial charge in [0.1, 0.15) is 5.75 Å². The van der Waals surface area contributed by atoms with Crippen LogP contribution < -0.4 is 5.73 Å². The fourth-order valence-electron chi connectivity index (χ4n) is 2.25. The molecule has 0 aliphatic carbocycles. The summed E-state index contributed by atoms with van der Waals surface area (Å²) in [5.41, 5.74) is 8.33. The van der Waals surface area contributed by atoms with Gasteiger partial charge in [-0.05, 0) is 45.6 Å². The number of nitrogen functional groups attached to an aromatic ring is 1. The van der Waals surface area contributed by atoms with Crippen LogP contribution in [-0.2, 0) is 32.7 Å². The molecule has 1 aromatic carbocycles. The van der Waals surface area contributed by atoms with Crippen LogP contribution in [0, 0.1) is 6.20 Å². The first kappa shape index (κ1) is 15.6. The molecule has 3 heterocycles. The predicted octanol–water partition coefficient (Wildman–Crippen LogP) is 1.56. The first-order chi connectivity index (χ1) is 10.7. The molecule has 0 spiro atoms. The molecule has 3 N–H and O–H groups in total. The second-order valence-electron chi connectivity index (χ2n) is 4.59. The summed E-state index contributed by atoms with van der Waals surface area (Å²) in [6.07, 6.45) is 4.38. The van der Waals surface area contributed by atoms with Crippen LogP contribution in [0.2, 0.25) is 0 Å². The number of hydrogen-bond donors (Lipinski definition) is 2. The molecule has 0 atom stereocenters. The number of phenolic OH excluding ortho intramolecular Hbond substituents is 1. The largest absolute Gasteiger partial charge is 0.508 e. The SMILES string of the molecule is Nc1nonc1-c1nc2cn[c-]cc2n1-c1ccc(O)cc1.[Y]. The third-order valence-electron chi connectivity index (χ3n) is 3.24. The minimum absolute atomic E-state index is 0. The Hall–Kier alpha value is -2.32. The van der Waals surface area contributed by atoms with Crippen LogP contribution in [0.25, 0.3) is 28.2 Å². The molecule has 4 aromatic rings. The van der Waals surface area contributed by atoms with Crippen molar-refractivity contribution in [3.8, 4) is 23.0 Å². The molecule has 1 radical (unpaired) electrons. The Morgan fingerprint density at radius 3 is 2.65 bits per heavy atom. The molecule has 9 heteroatoms. The number of pyridine rings is 1. The number of rotatable bonds is 2. The number of fused-ring (bicyclic) bond motifs is 1. The average Bonchev–Trinajstić information content (AvgIpc) is 3.11. The summed E-state index contributed by atoms with van der Waals surface area (Å²) in [6, 6.07) is 8.39. The van der Waals surface area contributed by atoms with Crippen molar-refractivity contribution in [2.45, 2.75) is 0 Å². The van der Waals surface area contributed by atoms with Crippen LogP contribution in [-0.4, -0.2) is 30.0 Å². The quantitative estimate of drug-likeness (QED) is 0.506. The second-order valence-corrected chi connectivity index (χ2v) is 4.59. The van der Waals surface area contributed by atoms with E-state index in [1.807, 2.05) is 4.57 Å². The summed E-state index contributed by atoms with van der Waals surface area (Å²) in [4.78, 5) is 8.44. The van der Waals surface area contributed by atoms with Gasteiger partial charge in [0.15, 0.2) is 17.3 Å². The molecule has 0 saturated heterocycles. The fraction of sp³-hybridized carbons (Fsp3) is 0. The predicted molar refractivity (Wildman–Crippen MR) is 77.1 cm³/mol. The summed E-state index contributed by atoms with van der Waals surface area (Å²) < 4.78 is 6.49. The molecule has 3 aromatic heterocycles. The van der Waals surface area contributed by atoms with Crippen molar-refractivity contribution in [3.63, 3.8) is 0 Å². The van der Waals surface area contributed by atoms with Crippen LogP contribution in [0.4, 0.5) is 5.82 Å². The molecule has 111 valence electrons. The van der Waals surface area contributed by atoms with Crippen LogP contribution in [0.3, 0.4) is 0 Å². The third-order valence-corrected chi connectivity index (χ3v) is 3.24. The Balaban J connectivity index is 0.00000156. The van der Waals surface area contributed by atoms with Gasteiger partial charge in [0.05, 0.1) is 0 Å². The Morgan fingerprint density at radius 2 is 1.96 bits per heavy atom. The molecule has 0 unspecified atom stereocenters. The van der Waals surface area contributed by atoms with E-state index < -0.39 is 0 Å². The van der Waals surface area contributed by atoms with E-state index in [1.54, 1.807) is 36.5 Å². The maximum absolute atomic E-state index is 9.47. The smallest absolute Gasteiger partial charge is 0.199 e. The number of aromatic hydroxyl groups is 1. The summed E-state index contributed by atoms with van der Waals surface area (Å²) in [5.74, 6) is 0.790. The molecule has 4 rings (SSSR count). The molecule has 8 nitrogen and oxygen atoms in total. The van der Waals surface area contributed by atoms with Gasteiger partial charge < -0.3 is 20.4 Å². The van der Waals surface area contributed by atoms with E-state index in [0.29, 0.717) is 17.0 Å². The molecular formula is C14H9N6O2Y-. The summed E-state index contributed by atoms with van der Waals surface area (Å²) in [6.45, 7) is 0. The van der Waals surface area contributed by atoms with Crippen LogP contribution in [0.5, 0.6) is 5.75 Å². The van der Waals surface area contributed by atoms with E-state index in [2.05, 4.69) is 31.1 Å². The van der Waals surface area contributed by atoms with Crippen LogP contribution >= 0.6 is 0 Å². The maximum atomic E-state index is 9.47. The maximum Gasteiger partial charge on any atom is 0.199 e. The van der Waals surface area contributed by atoms with Gasteiger partial charge in [-0.1, -0.05) is 12.4 Å². The molecular weight excluding hydrogens is 373 g/mol. The van der Waals surface area contributed by atoms with Crippen molar-refractivity contribution in [3.05, 3.63) is 42.7 Å². The summed E-state index contributed by atoms with van der Waals surface area (Å²) >= 11 is 0. The minimum atomic E-state index is 0. The minimum Gasteiger partial charge on any atom is -0.508 e. The molecule has 23 heavy (non-hydrogen) atoms. The van der Waals surface area contributed by atoms with Gasteiger partial charge in [-0.25, -0.2) is 4.63 Å². The Kier molecular flexibility index (Phi) is 4.10. The first-order valence-corrected chi connectivity index (χ1v) is 6.36. The zero-order valence-corrected chi connectivity index (χ0v) is 14.5. The van der Waals surface area contributed by atoms with Gasteiger partial charge in [-0.2, -0.15) is 0 Å². The topological polar surface area (TPSA) is 116 Å². The van der Waals surface area contributed by atoms with Crippen molar-refractivity contribution in [1.82, 2.24) is 24.8 Å². The van der Waals surface area contributed by atoms with Crippen molar-refractivity contribution >= 4 is 16.9 Å². The van der Waals surface area contributed by atoms with Crippen molar-refractivity contribution in [2.75, 3.05) is 5.73 Å². The Labute approximate surface area is 155 Å². The molecule has 0 bridgehead atoms. The standard InChI is InChI=1S/C14H9N6O2.Y/c15-13-12(18-22-19-13)14-17-10-7-16-6-5-11(10)20(14)8-1-3-9(21)4-2-8;/h1-5,7,21H,(H2,15,19);/q-1;. The number of benzene rings is 1. The monoisotopic (exact) mass is 382 g/mol. The van der Waals surface area contributed by atoms with Crippen molar-refractivity contribution in [2.24, 2.45) is 0 Å². The normalized spacial score (nSPS) is 10.6. The number of aromatic nitrogens is 5. The van der Waals surface area contributed by atoms with E-state index in [9.17, 15) is 5.11 Å². The third kappa shape index (κ3) is 2.60. The molecule has 0 amide bonds. The fourth-order valence-corrected chi connectivity index (χ4v) is 2.25. The summed E-state index contributed by atoms with van der Waals surface area (Å²) in [7, 11) is 0. The van der Waals surface area contributed by atoms with Crippen LogP contribution in [0.15, 0.2) is 41.2 Å². The molecule has 0 aliphatic rings. The zero-order valence-electron chi connectivity index (χ0n) is 11.7. The van der Waals surface area contributed by atoms with Gasteiger partial charge in [0, 0.05) is 38.4 Å². The van der Waals surface area contributed by atoms with E-state index in [1.165, 1.54) is 0 Å². The van der Waals surface area contributed by atoms with Gasteiger partial charge in [-0.15, -0.1) is 6.07 Å². The Bertz CT molecular complexity index is 963. The molecule has 0 fully saturated rings. The van der Waals surface area contributed by atoms with E-state index in [0.717, 1.165) is 11.2 Å². The van der Waals surface area contributed by atoms with Crippen LogP contribution in [0.1, 0.15) is 0 Å². The summed E-state index contributed by atoms with van der Waals surface area (Å²) in [5, 5.41) is 16.9. The number of anilines is 1.